The molecule has 28 heavy (non-hydrogen) atoms. The van der Waals surface area contributed by atoms with Crippen LogP contribution in [0.25, 0.3) is 5.69 Å². The van der Waals surface area contributed by atoms with Crippen LogP contribution in [0.1, 0.15) is 24.1 Å². The number of hydrogen-bond donors (Lipinski definition) is 1. The molecule has 0 aliphatic rings. The van der Waals surface area contributed by atoms with Crippen molar-refractivity contribution in [3.8, 4) is 23.3 Å². The van der Waals surface area contributed by atoms with E-state index in [1.54, 1.807) is 7.11 Å². The van der Waals surface area contributed by atoms with Crippen molar-refractivity contribution in [2.45, 2.75) is 25.9 Å². The van der Waals surface area contributed by atoms with Crippen molar-refractivity contribution < 1.29 is 9.47 Å². The zero-order chi connectivity index (χ0) is 19.6. The zero-order valence-corrected chi connectivity index (χ0v) is 16.0. The van der Waals surface area contributed by atoms with Crippen molar-refractivity contribution in [3.63, 3.8) is 0 Å². The highest BCUT2D eigenvalue weighted by Crippen LogP contribution is 2.15. The van der Waals surface area contributed by atoms with Crippen LogP contribution in [0.15, 0.2) is 60.8 Å². The van der Waals surface area contributed by atoms with Gasteiger partial charge in [-0.05, 0) is 54.4 Å². The minimum atomic E-state index is 0.518. The van der Waals surface area contributed by atoms with E-state index in [9.17, 15) is 0 Å². The highest BCUT2D eigenvalue weighted by atomic mass is 16.5. The SMILES string of the molecule is COc1ccc(-n2ccc(CNCc3cccc(OCCCC#N)c3)n2)cc1. The van der Waals surface area contributed by atoms with Crippen molar-refractivity contribution in [3.05, 3.63) is 72.1 Å². The van der Waals surface area contributed by atoms with Crippen LogP contribution in [-0.4, -0.2) is 23.5 Å². The summed E-state index contributed by atoms with van der Waals surface area (Å²) in [7, 11) is 1.66. The fourth-order valence-corrected chi connectivity index (χ4v) is 2.76. The molecule has 6 heteroatoms. The van der Waals surface area contributed by atoms with E-state index in [0.717, 1.165) is 41.4 Å². The first kappa shape index (κ1) is 19.5. The largest absolute Gasteiger partial charge is 0.497 e. The van der Waals surface area contributed by atoms with E-state index < -0.39 is 0 Å². The van der Waals surface area contributed by atoms with Gasteiger partial charge in [0.05, 0.1) is 31.2 Å². The summed E-state index contributed by atoms with van der Waals surface area (Å²) in [6.07, 6.45) is 3.22. The Kier molecular flexibility index (Phi) is 7.05. The highest BCUT2D eigenvalue weighted by Gasteiger charge is 2.03. The molecule has 0 radical (unpaired) electrons. The van der Waals surface area contributed by atoms with Crippen molar-refractivity contribution in [1.29, 1.82) is 5.26 Å². The Balaban J connectivity index is 1.49. The van der Waals surface area contributed by atoms with Gasteiger partial charge in [-0.1, -0.05) is 12.1 Å². The molecule has 0 aliphatic carbocycles. The second-order valence-electron chi connectivity index (χ2n) is 6.31. The highest BCUT2D eigenvalue weighted by molar-refractivity contribution is 5.36. The summed E-state index contributed by atoms with van der Waals surface area (Å²) in [4.78, 5) is 0. The summed E-state index contributed by atoms with van der Waals surface area (Å²) < 4.78 is 12.7. The van der Waals surface area contributed by atoms with Gasteiger partial charge in [0.1, 0.15) is 11.5 Å². The first-order valence-electron chi connectivity index (χ1n) is 9.27. The summed E-state index contributed by atoms with van der Waals surface area (Å²) in [6, 6.07) is 19.9. The molecule has 3 aromatic rings. The van der Waals surface area contributed by atoms with Crippen LogP contribution in [0.2, 0.25) is 0 Å². The lowest BCUT2D eigenvalue weighted by molar-refractivity contribution is 0.312. The third-order valence-electron chi connectivity index (χ3n) is 4.22. The van der Waals surface area contributed by atoms with E-state index in [2.05, 4.69) is 22.6 Å². The molecule has 0 bridgehead atoms. The second kappa shape index (κ2) is 10.1. The predicted molar refractivity (Wildman–Crippen MR) is 107 cm³/mol. The maximum absolute atomic E-state index is 8.56. The third kappa shape index (κ3) is 5.60. The number of benzene rings is 2. The van der Waals surface area contributed by atoms with Crippen LogP contribution in [0.4, 0.5) is 0 Å². The van der Waals surface area contributed by atoms with Gasteiger partial charge < -0.3 is 14.8 Å². The number of nitrogens with zero attached hydrogens (tertiary/aromatic N) is 3. The Labute approximate surface area is 165 Å². The standard InChI is InChI=1S/C22H24N4O2/c1-27-21-9-7-20(8-10-21)26-13-11-19(25-26)17-24-16-18-5-4-6-22(15-18)28-14-3-2-12-23/h4-11,13,15,24H,2-3,14,16-17H2,1H3. The van der Waals surface area contributed by atoms with Gasteiger partial charge in [0, 0.05) is 25.7 Å². The van der Waals surface area contributed by atoms with Crippen LogP contribution >= 0.6 is 0 Å². The fraction of sp³-hybridized carbons (Fsp3) is 0.273. The van der Waals surface area contributed by atoms with Gasteiger partial charge in [-0.25, -0.2) is 4.68 Å². The van der Waals surface area contributed by atoms with Crippen molar-refractivity contribution >= 4 is 0 Å². The molecule has 0 atom stereocenters. The molecule has 0 unspecified atom stereocenters. The number of ether oxygens (including phenoxy) is 2. The lowest BCUT2D eigenvalue weighted by Crippen LogP contribution is -2.13. The van der Waals surface area contributed by atoms with Crippen LogP contribution in [0.5, 0.6) is 11.5 Å². The molecule has 0 fully saturated rings. The number of methoxy groups -OCH3 is 1. The molecule has 144 valence electrons. The van der Waals surface area contributed by atoms with E-state index in [1.165, 1.54) is 0 Å². The molecule has 0 amide bonds. The predicted octanol–water partition coefficient (Wildman–Crippen LogP) is 3.85. The molecule has 0 aliphatic heterocycles. The van der Waals surface area contributed by atoms with Crippen molar-refractivity contribution in [1.82, 2.24) is 15.1 Å². The monoisotopic (exact) mass is 376 g/mol. The van der Waals surface area contributed by atoms with Crippen LogP contribution in [0.3, 0.4) is 0 Å². The van der Waals surface area contributed by atoms with Crippen LogP contribution < -0.4 is 14.8 Å². The van der Waals surface area contributed by atoms with Gasteiger partial charge in [0.2, 0.25) is 0 Å². The summed E-state index contributed by atoms with van der Waals surface area (Å²) in [5, 5.41) is 16.6. The first-order valence-corrected chi connectivity index (χ1v) is 9.27. The Bertz CT molecular complexity index is 913. The van der Waals surface area contributed by atoms with E-state index in [4.69, 9.17) is 14.7 Å². The summed E-state index contributed by atoms with van der Waals surface area (Å²) >= 11 is 0. The topological polar surface area (TPSA) is 72.1 Å². The summed E-state index contributed by atoms with van der Waals surface area (Å²) in [6.45, 7) is 1.97. The lowest BCUT2D eigenvalue weighted by Gasteiger charge is -2.08. The average molecular weight is 376 g/mol. The summed E-state index contributed by atoms with van der Waals surface area (Å²) in [5.41, 5.74) is 3.11. The maximum atomic E-state index is 8.56. The Hall–Kier alpha value is -3.30. The van der Waals surface area contributed by atoms with Crippen molar-refractivity contribution in [2.75, 3.05) is 13.7 Å². The number of nitriles is 1. The molecule has 0 saturated heterocycles. The third-order valence-corrected chi connectivity index (χ3v) is 4.22. The zero-order valence-electron chi connectivity index (χ0n) is 16.0. The number of rotatable bonds is 10. The molecular weight excluding hydrogens is 352 g/mol. The minimum absolute atomic E-state index is 0.518. The lowest BCUT2D eigenvalue weighted by atomic mass is 10.2. The molecule has 0 saturated carbocycles. The molecule has 1 aromatic heterocycles. The Morgan fingerprint density at radius 1 is 1.07 bits per heavy atom. The van der Waals surface area contributed by atoms with E-state index in [-0.39, 0.29) is 0 Å². The summed E-state index contributed by atoms with van der Waals surface area (Å²) in [5.74, 6) is 1.66. The first-order chi connectivity index (χ1) is 13.8. The Morgan fingerprint density at radius 2 is 1.93 bits per heavy atom. The quantitative estimate of drug-likeness (QED) is 0.544. The van der Waals surface area contributed by atoms with Crippen molar-refractivity contribution in [2.24, 2.45) is 0 Å². The van der Waals surface area contributed by atoms with Crippen LogP contribution in [-0.2, 0) is 13.1 Å². The maximum Gasteiger partial charge on any atom is 0.119 e. The number of unbranched alkanes of at least 4 members (excludes halogenated alkanes) is 1. The average Bonchev–Trinajstić information content (AvgIpc) is 3.21. The van der Waals surface area contributed by atoms with Gasteiger partial charge in [0.25, 0.3) is 0 Å². The molecule has 0 spiro atoms. The van der Waals surface area contributed by atoms with Gasteiger partial charge in [0.15, 0.2) is 0 Å². The van der Waals surface area contributed by atoms with Crippen LogP contribution in [0, 0.1) is 11.3 Å². The number of aromatic nitrogens is 2. The molecule has 1 N–H and O–H groups in total. The van der Waals surface area contributed by atoms with Gasteiger partial charge in [-0.3, -0.25) is 0 Å². The van der Waals surface area contributed by atoms with E-state index in [0.29, 0.717) is 19.6 Å². The smallest absolute Gasteiger partial charge is 0.119 e. The van der Waals surface area contributed by atoms with E-state index >= 15 is 0 Å². The molecule has 1 heterocycles. The fourth-order valence-electron chi connectivity index (χ4n) is 2.76. The number of hydrogen-bond acceptors (Lipinski definition) is 5. The van der Waals surface area contributed by atoms with Gasteiger partial charge in [-0.15, -0.1) is 0 Å². The molecule has 3 rings (SSSR count). The van der Waals surface area contributed by atoms with E-state index in [1.807, 2.05) is 59.4 Å². The number of nitrogens with one attached hydrogen (secondary N) is 1. The van der Waals surface area contributed by atoms with Gasteiger partial charge in [-0.2, -0.15) is 10.4 Å². The molecule has 6 nitrogen and oxygen atoms in total. The second-order valence-corrected chi connectivity index (χ2v) is 6.31. The molecule has 2 aromatic carbocycles. The normalized spacial score (nSPS) is 10.4. The molecular formula is C22H24N4O2. The minimum Gasteiger partial charge on any atom is -0.497 e. The van der Waals surface area contributed by atoms with Gasteiger partial charge >= 0.3 is 0 Å². The Morgan fingerprint density at radius 3 is 2.71 bits per heavy atom.